The van der Waals surface area contributed by atoms with Crippen LogP contribution in [0.25, 0.3) is 27.0 Å². The van der Waals surface area contributed by atoms with Crippen LogP contribution in [0.4, 0.5) is 5.95 Å². The summed E-state index contributed by atoms with van der Waals surface area (Å²) in [5.74, 6) is 0.417. The summed E-state index contributed by atoms with van der Waals surface area (Å²) in [5.41, 5.74) is 7.03. The van der Waals surface area contributed by atoms with Gasteiger partial charge in [-0.15, -0.1) is 11.3 Å². The topological polar surface area (TPSA) is 83.4 Å². The molecule has 2 aromatic heterocycles. The monoisotopic (exact) mass is 564 g/mol. The average Bonchev–Trinajstić information content (AvgIpc) is 3.64. The fourth-order valence-electron chi connectivity index (χ4n) is 5.11. The van der Waals surface area contributed by atoms with Gasteiger partial charge in [-0.25, -0.2) is 9.97 Å². The third-order valence-electron chi connectivity index (χ3n) is 7.48. The molecule has 2 amide bonds. The van der Waals surface area contributed by atoms with Crippen LogP contribution in [0.1, 0.15) is 28.9 Å². The van der Waals surface area contributed by atoms with Crippen LogP contribution in [0.3, 0.4) is 0 Å². The van der Waals surface area contributed by atoms with Gasteiger partial charge >= 0.3 is 0 Å². The molecule has 208 valence electrons. The van der Waals surface area contributed by atoms with Gasteiger partial charge in [0.15, 0.2) is 0 Å². The van der Waals surface area contributed by atoms with E-state index in [0.717, 1.165) is 58.9 Å². The van der Waals surface area contributed by atoms with E-state index < -0.39 is 0 Å². The quantitative estimate of drug-likeness (QED) is 0.269. The van der Waals surface area contributed by atoms with E-state index in [0.29, 0.717) is 30.8 Å². The Morgan fingerprint density at radius 2 is 1.73 bits per heavy atom. The third-order valence-corrected chi connectivity index (χ3v) is 8.29. The highest BCUT2D eigenvalue weighted by Gasteiger charge is 2.19. The molecule has 1 aliphatic heterocycles. The maximum Gasteiger partial charge on any atom is 0.258 e. The fourth-order valence-corrected chi connectivity index (χ4v) is 5.77. The maximum atomic E-state index is 13.4. The first kappa shape index (κ1) is 26.9. The number of piperazine rings is 1. The highest BCUT2D eigenvalue weighted by atomic mass is 32.1. The molecule has 1 saturated heterocycles. The van der Waals surface area contributed by atoms with Crippen molar-refractivity contribution in [2.45, 2.75) is 19.3 Å². The first-order chi connectivity index (χ1) is 20.0. The number of para-hydroxylation sites is 1. The van der Waals surface area contributed by atoms with Gasteiger partial charge in [-0.05, 0) is 67.4 Å². The number of anilines is 1. The summed E-state index contributed by atoms with van der Waals surface area (Å²) < 4.78 is 3.03. The number of nitrogens with zero attached hydrogens (tertiary/aromatic N) is 5. The number of fused-ring (bicyclic) bond motifs is 1. The van der Waals surface area contributed by atoms with Gasteiger partial charge in [-0.1, -0.05) is 36.4 Å². The molecule has 8 nitrogen and oxygen atoms in total. The van der Waals surface area contributed by atoms with Crippen LogP contribution in [-0.2, 0) is 11.2 Å². The van der Waals surface area contributed by atoms with E-state index in [-0.39, 0.29) is 11.8 Å². The molecule has 0 spiro atoms. The van der Waals surface area contributed by atoms with Crippen molar-refractivity contribution in [3.63, 3.8) is 0 Å². The highest BCUT2D eigenvalue weighted by molar-refractivity contribution is 7.16. The second-order valence-corrected chi connectivity index (χ2v) is 11.3. The zero-order chi connectivity index (χ0) is 28.2. The fraction of sp³-hybridized carbons (Fsp3) is 0.250. The molecule has 6 rings (SSSR count). The lowest BCUT2D eigenvalue weighted by Crippen LogP contribution is -2.47. The molecular weight excluding hydrogens is 532 g/mol. The number of imidazole rings is 1. The molecule has 5 aromatic rings. The Morgan fingerprint density at radius 1 is 0.927 bits per heavy atom. The van der Waals surface area contributed by atoms with Crippen LogP contribution >= 0.6 is 11.3 Å². The van der Waals surface area contributed by atoms with Crippen LogP contribution < -0.4 is 5.32 Å². The highest BCUT2D eigenvalue weighted by Crippen LogP contribution is 2.27. The SMILES string of the molecule is CN1CCN(C(=O)CCCc2cn(-c3ccccc3)c(NC(=O)c3cccc(-c4ccc5scnc5c4)c3)n2)CC1. The average molecular weight is 565 g/mol. The Balaban J connectivity index is 1.17. The van der Waals surface area contributed by atoms with Gasteiger partial charge in [0.1, 0.15) is 0 Å². The molecular formula is C32H32N6O2S. The number of hydrogen-bond acceptors (Lipinski definition) is 6. The third kappa shape index (κ3) is 6.21. The van der Waals surface area contributed by atoms with Crippen molar-refractivity contribution in [2.24, 2.45) is 0 Å². The van der Waals surface area contributed by atoms with Gasteiger partial charge in [0.2, 0.25) is 11.9 Å². The van der Waals surface area contributed by atoms with Gasteiger partial charge in [-0.2, -0.15) is 0 Å². The van der Waals surface area contributed by atoms with Gasteiger partial charge in [-0.3, -0.25) is 19.5 Å². The number of benzene rings is 3. The summed E-state index contributed by atoms with van der Waals surface area (Å²) in [6.45, 7) is 3.41. The number of carbonyl (C=O) groups is 2. The largest absolute Gasteiger partial charge is 0.340 e. The van der Waals surface area contributed by atoms with Crippen LogP contribution in [0.2, 0.25) is 0 Å². The van der Waals surface area contributed by atoms with E-state index in [2.05, 4.69) is 34.4 Å². The summed E-state index contributed by atoms with van der Waals surface area (Å²) in [4.78, 5) is 39.5. The number of amides is 2. The minimum Gasteiger partial charge on any atom is -0.340 e. The lowest BCUT2D eigenvalue weighted by atomic mass is 10.0. The van der Waals surface area contributed by atoms with E-state index >= 15 is 0 Å². The van der Waals surface area contributed by atoms with Crippen LogP contribution in [-0.4, -0.2) is 69.4 Å². The standard InChI is InChI=1S/C32H32N6O2S/c1-36-15-17-37(18-16-36)30(39)12-6-9-26-21-38(27-10-3-2-4-11-27)32(34-26)35-31(40)25-8-5-7-23(19-25)24-13-14-29-28(20-24)33-22-41-29/h2-5,7-8,10-11,13-14,19-22H,6,9,12,15-18H2,1H3,(H,34,35,40). The van der Waals surface area contributed by atoms with Crippen molar-refractivity contribution >= 4 is 39.3 Å². The van der Waals surface area contributed by atoms with Crippen LogP contribution in [0, 0.1) is 0 Å². The molecule has 1 aliphatic rings. The lowest BCUT2D eigenvalue weighted by Gasteiger charge is -2.32. The van der Waals surface area contributed by atoms with Gasteiger partial charge < -0.3 is 9.80 Å². The number of thiazole rings is 1. The molecule has 0 saturated carbocycles. The molecule has 0 aliphatic carbocycles. The van der Waals surface area contributed by atoms with Crippen molar-refractivity contribution in [1.29, 1.82) is 0 Å². The van der Waals surface area contributed by atoms with E-state index in [4.69, 9.17) is 4.98 Å². The Labute approximate surface area is 243 Å². The van der Waals surface area contributed by atoms with E-state index in [1.54, 1.807) is 17.4 Å². The smallest absolute Gasteiger partial charge is 0.258 e. The summed E-state index contributed by atoms with van der Waals surface area (Å²) in [6.07, 6.45) is 3.79. The van der Waals surface area contributed by atoms with Gasteiger partial charge in [0.05, 0.1) is 21.4 Å². The molecule has 0 atom stereocenters. The minimum atomic E-state index is -0.235. The molecule has 0 unspecified atom stereocenters. The number of carbonyl (C=O) groups excluding carboxylic acids is 2. The molecule has 1 fully saturated rings. The van der Waals surface area contributed by atoms with Crippen molar-refractivity contribution in [1.82, 2.24) is 24.3 Å². The second-order valence-electron chi connectivity index (χ2n) is 10.4. The van der Waals surface area contributed by atoms with Crippen molar-refractivity contribution in [2.75, 3.05) is 38.5 Å². The number of aromatic nitrogens is 3. The first-order valence-corrected chi connectivity index (χ1v) is 14.8. The number of nitrogens with one attached hydrogen (secondary N) is 1. The van der Waals surface area contributed by atoms with Crippen LogP contribution in [0.15, 0.2) is 84.5 Å². The molecule has 1 N–H and O–H groups in total. The number of hydrogen-bond donors (Lipinski definition) is 1. The van der Waals surface area contributed by atoms with E-state index in [1.165, 1.54) is 0 Å². The molecule has 0 bridgehead atoms. The predicted octanol–water partition coefficient (Wildman–Crippen LogP) is 5.50. The minimum absolute atomic E-state index is 0.197. The Morgan fingerprint density at radius 3 is 2.56 bits per heavy atom. The molecule has 41 heavy (non-hydrogen) atoms. The van der Waals surface area contributed by atoms with Crippen molar-refractivity contribution < 1.29 is 9.59 Å². The van der Waals surface area contributed by atoms with Gasteiger partial charge in [0.25, 0.3) is 5.91 Å². The van der Waals surface area contributed by atoms with Crippen LogP contribution in [0.5, 0.6) is 0 Å². The summed E-state index contributed by atoms with van der Waals surface area (Å²) >= 11 is 1.61. The molecule has 9 heteroatoms. The molecule has 0 radical (unpaired) electrons. The lowest BCUT2D eigenvalue weighted by molar-refractivity contribution is -0.132. The zero-order valence-electron chi connectivity index (χ0n) is 23.0. The first-order valence-electron chi connectivity index (χ1n) is 13.9. The molecule has 3 heterocycles. The zero-order valence-corrected chi connectivity index (χ0v) is 23.8. The van der Waals surface area contributed by atoms with Gasteiger partial charge in [0, 0.05) is 50.0 Å². The Hall–Kier alpha value is -4.34. The number of likely N-dealkylation sites (N-methyl/N-ethyl adjacent to an activating group) is 1. The Bertz CT molecular complexity index is 1670. The van der Waals surface area contributed by atoms with Crippen molar-refractivity contribution in [3.05, 3.63) is 95.8 Å². The summed E-state index contributed by atoms with van der Waals surface area (Å²) in [7, 11) is 2.08. The second kappa shape index (κ2) is 12.0. The van der Waals surface area contributed by atoms with E-state index in [9.17, 15) is 9.59 Å². The van der Waals surface area contributed by atoms with E-state index in [1.807, 2.05) is 75.8 Å². The predicted molar refractivity (Wildman–Crippen MR) is 164 cm³/mol. The Kier molecular flexibility index (Phi) is 7.89. The summed E-state index contributed by atoms with van der Waals surface area (Å²) in [6, 6.07) is 23.6. The maximum absolute atomic E-state index is 13.4. The molecule has 3 aromatic carbocycles. The summed E-state index contributed by atoms with van der Waals surface area (Å²) in [5, 5.41) is 3.03. The normalized spacial score (nSPS) is 13.9. The number of aryl methyl sites for hydroxylation is 1. The van der Waals surface area contributed by atoms with Crippen molar-refractivity contribution in [3.8, 4) is 16.8 Å². The number of rotatable bonds is 8.